The molecule has 0 aliphatic carbocycles. The highest BCUT2D eigenvalue weighted by Gasteiger charge is 2.22. The maximum atomic E-state index is 13.2. The summed E-state index contributed by atoms with van der Waals surface area (Å²) < 4.78 is 2.06. The van der Waals surface area contributed by atoms with Crippen LogP contribution < -0.4 is 16.6 Å². The van der Waals surface area contributed by atoms with Crippen LogP contribution in [-0.4, -0.2) is 20.3 Å². The average Bonchev–Trinajstić information content (AvgIpc) is 2.83. The molecule has 1 amide bonds. The largest absolute Gasteiger partial charge is 0.352 e. The smallest absolute Gasteiger partial charge is 0.344 e. The van der Waals surface area contributed by atoms with Crippen molar-refractivity contribution in [2.24, 2.45) is 0 Å². The minimum atomic E-state index is -0.758. The molecule has 1 atom stereocenters. The van der Waals surface area contributed by atoms with Crippen LogP contribution in [0.1, 0.15) is 34.6 Å². The molecule has 3 aromatic carbocycles. The van der Waals surface area contributed by atoms with Crippen molar-refractivity contribution < 1.29 is 4.79 Å². The number of carbonyl (C=O) groups is 1. The summed E-state index contributed by atoms with van der Waals surface area (Å²) >= 11 is 5.97. The Morgan fingerprint density at radius 2 is 1.55 bits per heavy atom. The molecular weight excluding hydrogens is 440 g/mol. The molecule has 1 N–H and O–H groups in total. The molecule has 4 aromatic rings. The van der Waals surface area contributed by atoms with Crippen molar-refractivity contribution in [2.75, 3.05) is 0 Å². The van der Waals surface area contributed by atoms with Gasteiger partial charge in [-0.1, -0.05) is 72.3 Å². The Hall–Kier alpha value is -3.97. The first-order valence-electron chi connectivity index (χ1n) is 10.3. The molecule has 0 radical (unpaired) electrons. The Bertz CT molecular complexity index is 1380. The number of halogens is 1. The summed E-state index contributed by atoms with van der Waals surface area (Å²) in [5.41, 5.74) is 0.223. The molecule has 8 heteroatoms. The molecule has 166 valence electrons. The number of rotatable bonds is 6. The van der Waals surface area contributed by atoms with E-state index in [1.54, 1.807) is 36.4 Å². The van der Waals surface area contributed by atoms with Gasteiger partial charge in [0.05, 0.1) is 18.3 Å². The van der Waals surface area contributed by atoms with Gasteiger partial charge in [-0.25, -0.2) is 4.79 Å². The van der Waals surface area contributed by atoms with E-state index in [-0.39, 0.29) is 18.3 Å². The summed E-state index contributed by atoms with van der Waals surface area (Å²) in [7, 11) is 0. The topological polar surface area (TPSA) is 86.0 Å². The lowest BCUT2D eigenvalue weighted by atomic mass is 10.1. The van der Waals surface area contributed by atoms with Crippen molar-refractivity contribution in [1.29, 1.82) is 0 Å². The van der Waals surface area contributed by atoms with E-state index in [0.29, 0.717) is 10.7 Å². The van der Waals surface area contributed by atoms with Gasteiger partial charge in [-0.15, -0.1) is 0 Å². The van der Waals surface area contributed by atoms with E-state index < -0.39 is 17.2 Å². The van der Waals surface area contributed by atoms with Gasteiger partial charge in [0.1, 0.15) is 0 Å². The fourth-order valence-corrected chi connectivity index (χ4v) is 3.53. The third-order valence-electron chi connectivity index (χ3n) is 5.18. The van der Waals surface area contributed by atoms with Crippen LogP contribution in [0.5, 0.6) is 0 Å². The van der Waals surface area contributed by atoms with Crippen molar-refractivity contribution in [3.8, 4) is 5.69 Å². The molecule has 0 unspecified atom stereocenters. The number of benzene rings is 3. The van der Waals surface area contributed by atoms with Gasteiger partial charge >= 0.3 is 5.69 Å². The highest BCUT2D eigenvalue weighted by Crippen LogP contribution is 2.13. The minimum absolute atomic E-state index is 0.00311. The summed E-state index contributed by atoms with van der Waals surface area (Å²) in [4.78, 5) is 39.5. The van der Waals surface area contributed by atoms with Crippen LogP contribution in [0, 0.1) is 0 Å². The van der Waals surface area contributed by atoms with Crippen LogP contribution in [0.4, 0.5) is 0 Å². The normalized spacial score (nSPS) is 11.7. The van der Waals surface area contributed by atoms with Crippen LogP contribution >= 0.6 is 11.6 Å². The van der Waals surface area contributed by atoms with Gasteiger partial charge in [0.25, 0.3) is 11.5 Å². The van der Waals surface area contributed by atoms with Crippen LogP contribution in [0.2, 0.25) is 5.02 Å². The standard InChI is InChI=1S/C25H21ClN4O3/c1-17(19-10-6-3-7-11-19)27-23(31)22-24(32)29(16-18-8-4-2-5-9-18)25(33)30(28-22)21-14-12-20(26)13-15-21/h2-15,17H,16H2,1H3,(H,27,31)/t17-/m0/s1. The van der Waals surface area contributed by atoms with Gasteiger partial charge in [-0.2, -0.15) is 9.78 Å². The molecule has 1 heterocycles. The van der Waals surface area contributed by atoms with Crippen molar-refractivity contribution in [1.82, 2.24) is 19.7 Å². The lowest BCUT2D eigenvalue weighted by molar-refractivity contribution is 0.0930. The number of nitrogens with one attached hydrogen (secondary N) is 1. The molecule has 33 heavy (non-hydrogen) atoms. The number of amides is 1. The van der Waals surface area contributed by atoms with E-state index in [1.165, 1.54) is 0 Å². The van der Waals surface area contributed by atoms with Crippen LogP contribution in [0.3, 0.4) is 0 Å². The van der Waals surface area contributed by atoms with Gasteiger partial charge < -0.3 is 5.32 Å². The van der Waals surface area contributed by atoms with Gasteiger partial charge in [-0.05, 0) is 42.3 Å². The summed E-state index contributed by atoms with van der Waals surface area (Å²) in [6.45, 7) is 1.81. The molecule has 0 aliphatic rings. The van der Waals surface area contributed by atoms with Gasteiger partial charge in [-0.3, -0.25) is 14.2 Å². The molecule has 0 spiro atoms. The molecule has 0 bridgehead atoms. The monoisotopic (exact) mass is 460 g/mol. The quantitative estimate of drug-likeness (QED) is 0.476. The second kappa shape index (κ2) is 9.67. The second-order valence-electron chi connectivity index (χ2n) is 7.50. The highest BCUT2D eigenvalue weighted by atomic mass is 35.5. The zero-order chi connectivity index (χ0) is 23.4. The van der Waals surface area contributed by atoms with E-state index >= 15 is 0 Å². The summed E-state index contributed by atoms with van der Waals surface area (Å²) in [5, 5.41) is 7.42. The number of aromatic nitrogens is 3. The first-order chi connectivity index (χ1) is 15.9. The number of hydrogen-bond acceptors (Lipinski definition) is 4. The lowest BCUT2D eigenvalue weighted by Crippen LogP contribution is -2.46. The Morgan fingerprint density at radius 1 is 0.939 bits per heavy atom. The van der Waals surface area contributed by atoms with Gasteiger partial charge in [0.15, 0.2) is 0 Å². The summed E-state index contributed by atoms with van der Waals surface area (Å²) in [6, 6.07) is 24.5. The molecule has 1 aromatic heterocycles. The second-order valence-corrected chi connectivity index (χ2v) is 7.94. The third kappa shape index (κ3) is 4.94. The van der Waals surface area contributed by atoms with Crippen LogP contribution in [0.25, 0.3) is 5.69 Å². The predicted octanol–water partition coefficient (Wildman–Crippen LogP) is 3.59. The Morgan fingerprint density at radius 3 is 2.18 bits per heavy atom. The summed E-state index contributed by atoms with van der Waals surface area (Å²) in [5.74, 6) is -0.666. The van der Waals surface area contributed by atoms with Gasteiger partial charge in [0.2, 0.25) is 5.69 Å². The van der Waals surface area contributed by atoms with E-state index in [2.05, 4.69) is 10.4 Å². The first-order valence-corrected chi connectivity index (χ1v) is 10.7. The van der Waals surface area contributed by atoms with E-state index in [4.69, 9.17) is 11.6 Å². The maximum absolute atomic E-state index is 13.2. The maximum Gasteiger partial charge on any atom is 0.352 e. The van der Waals surface area contributed by atoms with Crippen molar-refractivity contribution in [2.45, 2.75) is 19.5 Å². The SMILES string of the molecule is C[C@H](NC(=O)c1nn(-c2ccc(Cl)cc2)c(=O)n(Cc2ccccc2)c1=O)c1ccccc1. The number of carbonyl (C=O) groups excluding carboxylic acids is 1. The zero-order valence-corrected chi connectivity index (χ0v) is 18.6. The Balaban J connectivity index is 1.80. The van der Waals surface area contributed by atoms with E-state index in [0.717, 1.165) is 20.4 Å². The molecular formula is C25H21ClN4O3. The molecule has 0 aliphatic heterocycles. The van der Waals surface area contributed by atoms with Crippen LogP contribution in [-0.2, 0) is 6.54 Å². The molecule has 7 nitrogen and oxygen atoms in total. The average molecular weight is 461 g/mol. The van der Waals surface area contributed by atoms with Crippen molar-refractivity contribution in [3.63, 3.8) is 0 Å². The van der Waals surface area contributed by atoms with E-state index in [9.17, 15) is 14.4 Å². The fourth-order valence-electron chi connectivity index (χ4n) is 3.40. The highest BCUT2D eigenvalue weighted by molar-refractivity contribution is 6.30. The zero-order valence-electron chi connectivity index (χ0n) is 17.8. The predicted molar refractivity (Wildman–Crippen MR) is 127 cm³/mol. The Kier molecular flexibility index (Phi) is 6.51. The minimum Gasteiger partial charge on any atom is -0.344 e. The summed E-state index contributed by atoms with van der Waals surface area (Å²) in [6.07, 6.45) is 0. The third-order valence-corrected chi connectivity index (χ3v) is 5.43. The molecule has 0 fully saturated rings. The number of nitrogens with zero attached hydrogens (tertiary/aromatic N) is 3. The Labute approximate surface area is 194 Å². The van der Waals surface area contributed by atoms with Gasteiger partial charge in [0, 0.05) is 5.02 Å². The first kappa shape index (κ1) is 22.2. The molecule has 4 rings (SSSR count). The van der Waals surface area contributed by atoms with Crippen LogP contribution in [0.15, 0.2) is 94.5 Å². The van der Waals surface area contributed by atoms with E-state index in [1.807, 2.05) is 55.5 Å². The molecule has 0 saturated carbocycles. The lowest BCUT2D eigenvalue weighted by Gasteiger charge is -2.16. The van der Waals surface area contributed by atoms with Crippen molar-refractivity contribution in [3.05, 3.63) is 128 Å². The number of hydrogen-bond donors (Lipinski definition) is 1. The fraction of sp³-hybridized carbons (Fsp3) is 0.120. The molecule has 0 saturated heterocycles. The van der Waals surface area contributed by atoms with Crippen molar-refractivity contribution >= 4 is 17.5 Å².